The van der Waals surface area contributed by atoms with E-state index in [2.05, 4.69) is 15.0 Å². The summed E-state index contributed by atoms with van der Waals surface area (Å²) in [6.45, 7) is 2.20. The molecule has 1 aliphatic rings. The molecule has 2 amide bonds. The highest BCUT2D eigenvalue weighted by molar-refractivity contribution is 7.90. The van der Waals surface area contributed by atoms with E-state index in [1.807, 2.05) is 6.92 Å². The topological polar surface area (TPSA) is 91.4 Å². The molecule has 0 saturated carbocycles. The first-order valence-corrected chi connectivity index (χ1v) is 8.19. The highest BCUT2D eigenvalue weighted by Crippen LogP contribution is 2.28. The van der Waals surface area contributed by atoms with Crippen molar-refractivity contribution in [2.45, 2.75) is 26.2 Å². The van der Waals surface area contributed by atoms with Crippen LogP contribution in [0.5, 0.6) is 0 Å². The van der Waals surface area contributed by atoms with Crippen LogP contribution in [0.1, 0.15) is 26.2 Å². The van der Waals surface area contributed by atoms with Gasteiger partial charge in [0, 0.05) is 6.20 Å². The number of unbranched alkanes of at least 4 members (excludes halogenated alkanes) is 2. The van der Waals surface area contributed by atoms with Crippen LogP contribution in [0.4, 0.5) is 16.3 Å². The highest BCUT2D eigenvalue weighted by atomic mass is 32.2. The maximum atomic E-state index is 12.0. The maximum absolute atomic E-state index is 12.0. The first kappa shape index (κ1) is 14.6. The van der Waals surface area contributed by atoms with Gasteiger partial charge in [0.05, 0.1) is 18.1 Å². The lowest BCUT2D eigenvalue weighted by Crippen LogP contribution is -2.43. The van der Waals surface area contributed by atoms with Gasteiger partial charge >= 0.3 is 6.03 Å². The van der Waals surface area contributed by atoms with Gasteiger partial charge in [-0.25, -0.2) is 22.9 Å². The van der Waals surface area contributed by atoms with Gasteiger partial charge in [0.2, 0.25) is 10.0 Å². The zero-order valence-electron chi connectivity index (χ0n) is 11.3. The molecule has 2 rings (SSSR count). The van der Waals surface area contributed by atoms with E-state index < -0.39 is 16.1 Å². The molecular formula is C12H18N4O3S. The number of sulfonamides is 1. The number of nitrogens with zero attached hydrogens (tertiary/aromatic N) is 2. The number of hydrogen-bond donors (Lipinski definition) is 2. The fraction of sp³-hybridized carbons (Fsp3) is 0.500. The van der Waals surface area contributed by atoms with Gasteiger partial charge in [0.15, 0.2) is 5.82 Å². The Labute approximate surface area is 118 Å². The molecule has 0 atom stereocenters. The van der Waals surface area contributed by atoms with Crippen LogP contribution in [0.15, 0.2) is 18.3 Å². The molecule has 1 aliphatic heterocycles. The van der Waals surface area contributed by atoms with Crippen LogP contribution in [-0.4, -0.2) is 31.9 Å². The normalized spacial score (nSPS) is 13.8. The minimum absolute atomic E-state index is 0.0340. The number of hydrogen-bond acceptors (Lipinski definition) is 5. The molecule has 110 valence electrons. The molecule has 0 saturated heterocycles. The Bertz CT molecular complexity index is 588. The van der Waals surface area contributed by atoms with Gasteiger partial charge in [-0.1, -0.05) is 19.8 Å². The molecule has 7 nitrogen and oxygen atoms in total. The molecule has 0 aromatic carbocycles. The van der Waals surface area contributed by atoms with Crippen molar-refractivity contribution >= 4 is 27.6 Å². The molecule has 2 heterocycles. The number of fused-ring (bicyclic) bond motifs is 1. The summed E-state index contributed by atoms with van der Waals surface area (Å²) in [5, 5.41) is 2.93. The molecule has 8 heteroatoms. The summed E-state index contributed by atoms with van der Waals surface area (Å²) in [5.74, 6) is 0.541. The molecule has 0 fully saturated rings. The first-order chi connectivity index (χ1) is 9.53. The van der Waals surface area contributed by atoms with Crippen molar-refractivity contribution in [1.29, 1.82) is 0 Å². The average Bonchev–Trinajstić information content (AvgIpc) is 2.82. The Hall–Kier alpha value is -1.83. The van der Waals surface area contributed by atoms with Crippen LogP contribution in [0.2, 0.25) is 0 Å². The van der Waals surface area contributed by atoms with Crippen LogP contribution in [0, 0.1) is 0 Å². The van der Waals surface area contributed by atoms with Crippen molar-refractivity contribution < 1.29 is 13.2 Å². The van der Waals surface area contributed by atoms with Crippen LogP contribution in [0.25, 0.3) is 0 Å². The van der Waals surface area contributed by atoms with Crippen LogP contribution >= 0.6 is 0 Å². The summed E-state index contributed by atoms with van der Waals surface area (Å²) in [4.78, 5) is 17.4. The second-order valence-electron chi connectivity index (χ2n) is 4.57. The Morgan fingerprint density at radius 2 is 2.30 bits per heavy atom. The predicted octanol–water partition coefficient (Wildman–Crippen LogP) is 1.50. The van der Waals surface area contributed by atoms with E-state index in [0.29, 0.717) is 17.9 Å². The number of pyridine rings is 1. The van der Waals surface area contributed by atoms with Crippen molar-refractivity contribution in [3.05, 3.63) is 18.3 Å². The standard InChI is InChI=1S/C12H18N4O3S/c1-2-3-4-8-20(18,19)15-12(17)16-9-14-11-10(16)6-5-7-13-11/h5-7H,2-4,8-9H2,1H3,(H,13,14)(H,15,17). The monoisotopic (exact) mass is 298 g/mol. The quantitative estimate of drug-likeness (QED) is 0.804. The van der Waals surface area contributed by atoms with E-state index in [1.54, 1.807) is 18.3 Å². The summed E-state index contributed by atoms with van der Waals surface area (Å²) in [5.41, 5.74) is 0.578. The molecule has 2 N–H and O–H groups in total. The van der Waals surface area contributed by atoms with E-state index in [0.717, 1.165) is 12.8 Å². The van der Waals surface area contributed by atoms with E-state index in [-0.39, 0.29) is 12.4 Å². The Balaban J connectivity index is 2.00. The SMILES string of the molecule is CCCCCS(=O)(=O)NC(=O)N1CNc2ncccc21. The zero-order valence-corrected chi connectivity index (χ0v) is 12.1. The minimum atomic E-state index is -3.58. The molecule has 0 unspecified atom stereocenters. The lowest BCUT2D eigenvalue weighted by molar-refractivity contribution is 0.251. The third-order valence-corrected chi connectivity index (χ3v) is 4.30. The van der Waals surface area contributed by atoms with E-state index in [9.17, 15) is 13.2 Å². The van der Waals surface area contributed by atoms with Crippen molar-refractivity contribution in [2.24, 2.45) is 0 Å². The number of aromatic nitrogens is 1. The van der Waals surface area contributed by atoms with Gasteiger partial charge in [-0.2, -0.15) is 0 Å². The fourth-order valence-electron chi connectivity index (χ4n) is 1.95. The van der Waals surface area contributed by atoms with Crippen LogP contribution in [0.3, 0.4) is 0 Å². The number of carbonyl (C=O) groups excluding carboxylic acids is 1. The summed E-state index contributed by atoms with van der Waals surface area (Å²) in [7, 11) is -3.58. The molecule has 0 radical (unpaired) electrons. The fourth-order valence-corrected chi connectivity index (χ4v) is 3.01. The van der Waals surface area contributed by atoms with Crippen LogP contribution < -0.4 is 14.9 Å². The summed E-state index contributed by atoms with van der Waals surface area (Å²) in [6.07, 6.45) is 3.91. The molecule has 0 spiro atoms. The third-order valence-electron chi connectivity index (χ3n) is 2.99. The zero-order chi connectivity index (χ0) is 14.6. The largest absolute Gasteiger partial charge is 0.350 e. The lowest BCUT2D eigenvalue weighted by Gasteiger charge is -2.16. The molecule has 1 aromatic heterocycles. The second-order valence-corrected chi connectivity index (χ2v) is 6.41. The molecular weight excluding hydrogens is 280 g/mol. The highest BCUT2D eigenvalue weighted by Gasteiger charge is 2.27. The molecule has 20 heavy (non-hydrogen) atoms. The summed E-state index contributed by atoms with van der Waals surface area (Å²) >= 11 is 0. The van der Waals surface area contributed by atoms with Gasteiger partial charge in [0.1, 0.15) is 0 Å². The number of carbonyl (C=O) groups is 1. The minimum Gasteiger partial charge on any atom is -0.350 e. The molecule has 1 aromatic rings. The summed E-state index contributed by atoms with van der Waals surface area (Å²) < 4.78 is 25.7. The Kier molecular flexibility index (Phi) is 4.43. The molecule has 0 bridgehead atoms. The number of nitrogens with one attached hydrogen (secondary N) is 2. The number of amides is 2. The van der Waals surface area contributed by atoms with E-state index >= 15 is 0 Å². The van der Waals surface area contributed by atoms with Crippen molar-refractivity contribution in [2.75, 3.05) is 22.6 Å². The van der Waals surface area contributed by atoms with Gasteiger partial charge in [0.25, 0.3) is 0 Å². The average molecular weight is 298 g/mol. The Morgan fingerprint density at radius 1 is 1.50 bits per heavy atom. The van der Waals surface area contributed by atoms with Gasteiger partial charge in [-0.3, -0.25) is 4.90 Å². The smallest absolute Gasteiger partial charge is 0.337 e. The third kappa shape index (κ3) is 3.38. The van der Waals surface area contributed by atoms with Gasteiger partial charge in [-0.15, -0.1) is 0 Å². The van der Waals surface area contributed by atoms with E-state index in [4.69, 9.17) is 0 Å². The van der Waals surface area contributed by atoms with Crippen molar-refractivity contribution in [1.82, 2.24) is 9.71 Å². The van der Waals surface area contributed by atoms with Gasteiger partial charge in [-0.05, 0) is 18.6 Å². The van der Waals surface area contributed by atoms with Crippen LogP contribution in [-0.2, 0) is 10.0 Å². The molecule has 0 aliphatic carbocycles. The lowest BCUT2D eigenvalue weighted by atomic mass is 10.3. The second kappa shape index (κ2) is 6.08. The Morgan fingerprint density at radius 3 is 3.05 bits per heavy atom. The summed E-state index contributed by atoms with van der Waals surface area (Å²) in [6, 6.07) is 2.76. The van der Waals surface area contributed by atoms with E-state index in [1.165, 1.54) is 4.90 Å². The first-order valence-electron chi connectivity index (χ1n) is 6.54. The van der Waals surface area contributed by atoms with Crippen molar-refractivity contribution in [3.8, 4) is 0 Å². The van der Waals surface area contributed by atoms with Gasteiger partial charge < -0.3 is 5.32 Å². The number of urea groups is 1. The predicted molar refractivity (Wildman–Crippen MR) is 77.0 cm³/mol. The number of rotatable bonds is 5. The maximum Gasteiger partial charge on any atom is 0.337 e. The van der Waals surface area contributed by atoms with Crippen molar-refractivity contribution in [3.63, 3.8) is 0 Å². The number of anilines is 2.